The number of piperidine rings is 1. The van der Waals surface area contributed by atoms with Gasteiger partial charge in [-0.25, -0.2) is 9.97 Å². The summed E-state index contributed by atoms with van der Waals surface area (Å²) in [6.45, 7) is 5.28. The van der Waals surface area contributed by atoms with Gasteiger partial charge in [-0.15, -0.1) is 0 Å². The number of nitrogens with zero attached hydrogens (tertiary/aromatic N) is 4. The minimum Gasteiger partial charge on any atom is -0.338 e. The van der Waals surface area contributed by atoms with Gasteiger partial charge in [0.05, 0.1) is 0 Å². The van der Waals surface area contributed by atoms with Crippen molar-refractivity contribution in [1.29, 1.82) is 0 Å². The Balaban J connectivity index is 1.63. The number of carbonyl (C=O) groups is 1. The summed E-state index contributed by atoms with van der Waals surface area (Å²) < 4.78 is 0. The molecule has 2 unspecified atom stereocenters. The monoisotopic (exact) mass is 350 g/mol. The van der Waals surface area contributed by atoms with Gasteiger partial charge in [0.25, 0.3) is 5.91 Å². The number of benzene rings is 1. The van der Waals surface area contributed by atoms with Crippen molar-refractivity contribution < 1.29 is 4.79 Å². The largest absolute Gasteiger partial charge is 0.338 e. The molecule has 0 saturated carbocycles. The van der Waals surface area contributed by atoms with Crippen LogP contribution in [0, 0.1) is 0 Å². The van der Waals surface area contributed by atoms with Gasteiger partial charge in [-0.3, -0.25) is 4.79 Å². The maximum atomic E-state index is 13.2. The zero-order chi connectivity index (χ0) is 18.1. The minimum atomic E-state index is -0.0313. The first-order valence-electron chi connectivity index (χ1n) is 9.70. The van der Waals surface area contributed by atoms with E-state index < -0.39 is 0 Å². The summed E-state index contributed by atoms with van der Waals surface area (Å²) >= 11 is 0. The van der Waals surface area contributed by atoms with Gasteiger partial charge in [0.1, 0.15) is 5.69 Å². The molecule has 1 saturated heterocycles. The molecule has 0 aliphatic carbocycles. The van der Waals surface area contributed by atoms with Crippen molar-refractivity contribution in [2.24, 2.45) is 0 Å². The molecule has 5 heteroatoms. The number of fused-ring (bicyclic) bond motifs is 1. The predicted molar refractivity (Wildman–Crippen MR) is 104 cm³/mol. The average molecular weight is 350 g/mol. The standard InChI is InChI=1S/C21H26N4O/c1-3-17-9-6-7-13-24(17)21-22-12-11-18(23-21)20(26)25-15(2)14-16-8-4-5-10-19(16)25/h4-5,8,10-12,15,17H,3,6-7,9,13-14H2,1-2H3. The summed E-state index contributed by atoms with van der Waals surface area (Å²) in [6, 6.07) is 10.5. The van der Waals surface area contributed by atoms with E-state index in [-0.39, 0.29) is 11.9 Å². The van der Waals surface area contributed by atoms with Gasteiger partial charge < -0.3 is 9.80 Å². The molecule has 2 aliphatic rings. The fourth-order valence-electron chi connectivity index (χ4n) is 4.29. The fourth-order valence-corrected chi connectivity index (χ4v) is 4.29. The van der Waals surface area contributed by atoms with E-state index in [4.69, 9.17) is 0 Å². The summed E-state index contributed by atoms with van der Waals surface area (Å²) in [7, 11) is 0. The lowest BCUT2D eigenvalue weighted by Gasteiger charge is -2.35. The smallest absolute Gasteiger partial charge is 0.277 e. The number of hydrogen-bond acceptors (Lipinski definition) is 4. The lowest BCUT2D eigenvalue weighted by Crippen LogP contribution is -2.41. The van der Waals surface area contributed by atoms with Crippen molar-refractivity contribution in [2.45, 2.75) is 58.0 Å². The Bertz CT molecular complexity index is 806. The SMILES string of the molecule is CCC1CCCCN1c1nccc(C(=O)N2c3ccccc3CC2C)n1. The predicted octanol–water partition coefficient (Wildman–Crippen LogP) is 3.84. The summed E-state index contributed by atoms with van der Waals surface area (Å²) in [5, 5.41) is 0. The van der Waals surface area contributed by atoms with Crippen LogP contribution in [-0.2, 0) is 6.42 Å². The zero-order valence-corrected chi connectivity index (χ0v) is 15.6. The van der Waals surface area contributed by atoms with Crippen LogP contribution in [0.4, 0.5) is 11.6 Å². The Morgan fingerprint density at radius 2 is 2.08 bits per heavy atom. The molecule has 5 nitrogen and oxygen atoms in total. The van der Waals surface area contributed by atoms with Crippen molar-refractivity contribution in [3.63, 3.8) is 0 Å². The molecule has 0 N–H and O–H groups in total. The van der Waals surface area contributed by atoms with Crippen LogP contribution < -0.4 is 9.80 Å². The van der Waals surface area contributed by atoms with E-state index in [1.165, 1.54) is 18.4 Å². The third-order valence-electron chi connectivity index (χ3n) is 5.64. The number of amides is 1. The molecule has 4 rings (SSSR count). The molecule has 0 radical (unpaired) electrons. The molecular formula is C21H26N4O. The van der Waals surface area contributed by atoms with Crippen molar-refractivity contribution in [2.75, 3.05) is 16.3 Å². The first kappa shape index (κ1) is 17.0. The number of anilines is 2. The highest BCUT2D eigenvalue weighted by Crippen LogP contribution is 2.33. The van der Waals surface area contributed by atoms with Crippen molar-refractivity contribution in [3.8, 4) is 0 Å². The molecule has 26 heavy (non-hydrogen) atoms. The van der Waals surface area contributed by atoms with Gasteiger partial charge in [0.2, 0.25) is 5.95 Å². The second-order valence-corrected chi connectivity index (χ2v) is 7.35. The molecule has 136 valence electrons. The molecule has 0 spiro atoms. The van der Waals surface area contributed by atoms with Crippen LogP contribution in [0.25, 0.3) is 0 Å². The van der Waals surface area contributed by atoms with E-state index in [1.54, 1.807) is 12.3 Å². The second kappa shape index (κ2) is 7.06. The quantitative estimate of drug-likeness (QED) is 0.844. The molecule has 0 bridgehead atoms. The normalized spacial score (nSPS) is 22.4. The first-order chi connectivity index (χ1) is 12.7. The molecule has 3 heterocycles. The van der Waals surface area contributed by atoms with Gasteiger partial charge in [-0.1, -0.05) is 25.1 Å². The Kier molecular flexibility index (Phi) is 4.62. The maximum Gasteiger partial charge on any atom is 0.277 e. The highest BCUT2D eigenvalue weighted by molar-refractivity contribution is 6.06. The van der Waals surface area contributed by atoms with Crippen LogP contribution in [0.5, 0.6) is 0 Å². The minimum absolute atomic E-state index is 0.0313. The van der Waals surface area contributed by atoms with E-state index in [0.717, 1.165) is 31.5 Å². The van der Waals surface area contributed by atoms with Crippen molar-refractivity contribution in [3.05, 3.63) is 47.8 Å². The summed E-state index contributed by atoms with van der Waals surface area (Å²) in [5.74, 6) is 0.665. The zero-order valence-electron chi connectivity index (χ0n) is 15.6. The average Bonchev–Trinajstić information content (AvgIpc) is 3.03. The van der Waals surface area contributed by atoms with Crippen LogP contribution in [0.15, 0.2) is 36.5 Å². The number of hydrogen-bond donors (Lipinski definition) is 0. The Hall–Kier alpha value is -2.43. The van der Waals surface area contributed by atoms with Crippen LogP contribution in [0.3, 0.4) is 0 Å². The van der Waals surface area contributed by atoms with Gasteiger partial charge in [0, 0.05) is 30.5 Å². The van der Waals surface area contributed by atoms with Gasteiger partial charge in [0.15, 0.2) is 0 Å². The van der Waals surface area contributed by atoms with E-state index in [2.05, 4.69) is 34.8 Å². The second-order valence-electron chi connectivity index (χ2n) is 7.35. The third kappa shape index (κ3) is 2.96. The summed E-state index contributed by atoms with van der Waals surface area (Å²) in [4.78, 5) is 26.5. The molecule has 2 aliphatic heterocycles. The molecule has 1 amide bonds. The van der Waals surface area contributed by atoms with E-state index >= 15 is 0 Å². The van der Waals surface area contributed by atoms with Crippen LogP contribution in [0.2, 0.25) is 0 Å². The van der Waals surface area contributed by atoms with Crippen molar-refractivity contribution >= 4 is 17.5 Å². The van der Waals surface area contributed by atoms with Gasteiger partial charge in [-0.2, -0.15) is 0 Å². The number of rotatable bonds is 3. The molecule has 1 aromatic heterocycles. The molecular weight excluding hydrogens is 324 g/mol. The topological polar surface area (TPSA) is 49.3 Å². The highest BCUT2D eigenvalue weighted by atomic mass is 16.2. The molecule has 2 aromatic rings. The van der Waals surface area contributed by atoms with Crippen LogP contribution in [0.1, 0.15) is 55.6 Å². The maximum absolute atomic E-state index is 13.2. The number of aromatic nitrogens is 2. The number of carbonyl (C=O) groups excluding carboxylic acids is 1. The van der Waals surface area contributed by atoms with E-state index in [1.807, 2.05) is 23.1 Å². The van der Waals surface area contributed by atoms with Crippen LogP contribution in [-0.4, -0.2) is 34.5 Å². The lowest BCUT2D eigenvalue weighted by atomic mass is 10.0. The lowest BCUT2D eigenvalue weighted by molar-refractivity contribution is 0.0976. The van der Waals surface area contributed by atoms with Gasteiger partial charge in [-0.05, 0) is 56.7 Å². The Morgan fingerprint density at radius 3 is 2.92 bits per heavy atom. The molecule has 1 aromatic carbocycles. The Morgan fingerprint density at radius 1 is 1.23 bits per heavy atom. The molecule has 1 fully saturated rings. The molecule has 2 atom stereocenters. The van der Waals surface area contributed by atoms with Gasteiger partial charge >= 0.3 is 0 Å². The fraction of sp³-hybridized carbons (Fsp3) is 0.476. The van der Waals surface area contributed by atoms with Crippen LogP contribution >= 0.6 is 0 Å². The number of para-hydroxylation sites is 1. The van der Waals surface area contributed by atoms with E-state index in [9.17, 15) is 4.79 Å². The highest BCUT2D eigenvalue weighted by Gasteiger charge is 2.32. The summed E-state index contributed by atoms with van der Waals surface area (Å²) in [5.41, 5.74) is 2.72. The van der Waals surface area contributed by atoms with E-state index in [0.29, 0.717) is 17.7 Å². The van der Waals surface area contributed by atoms with Crippen molar-refractivity contribution in [1.82, 2.24) is 9.97 Å². The third-order valence-corrected chi connectivity index (χ3v) is 5.64. The first-order valence-corrected chi connectivity index (χ1v) is 9.70. The summed E-state index contributed by atoms with van der Waals surface area (Å²) in [6.07, 6.45) is 7.30. The Labute approximate surface area is 155 Å².